The summed E-state index contributed by atoms with van der Waals surface area (Å²) in [6, 6.07) is 4.06. The van der Waals surface area contributed by atoms with E-state index in [1.807, 2.05) is 0 Å². The Bertz CT molecular complexity index is 491. The summed E-state index contributed by atoms with van der Waals surface area (Å²) in [7, 11) is 1.30. The lowest BCUT2D eigenvalue weighted by molar-refractivity contribution is -0.137. The highest BCUT2D eigenvalue weighted by Gasteiger charge is 2.30. The Morgan fingerprint density at radius 2 is 2.11 bits per heavy atom. The molecule has 0 fully saturated rings. The van der Waals surface area contributed by atoms with Gasteiger partial charge in [0.05, 0.1) is 35.5 Å². The quantitative estimate of drug-likeness (QED) is 0.354. The van der Waals surface area contributed by atoms with Gasteiger partial charge in [-0.1, -0.05) is 6.07 Å². The minimum Gasteiger partial charge on any atom is -0.290 e. The molecule has 0 heterocycles. The van der Waals surface area contributed by atoms with Gasteiger partial charge in [0.2, 0.25) is 5.96 Å². The lowest BCUT2D eigenvalue weighted by Gasteiger charge is -2.10. The van der Waals surface area contributed by atoms with Crippen LogP contribution in [0.15, 0.2) is 27.5 Å². The van der Waals surface area contributed by atoms with Crippen molar-refractivity contribution in [2.75, 3.05) is 7.11 Å². The summed E-state index contributed by atoms with van der Waals surface area (Å²) in [6.07, 6.45) is -4.50. The van der Waals surface area contributed by atoms with Gasteiger partial charge in [-0.05, 0) is 18.2 Å². The maximum absolute atomic E-state index is 12.5. The van der Waals surface area contributed by atoms with E-state index in [0.717, 1.165) is 18.2 Å². The van der Waals surface area contributed by atoms with E-state index in [2.05, 4.69) is 18.8 Å². The van der Waals surface area contributed by atoms with Crippen LogP contribution in [-0.4, -0.2) is 19.0 Å². The predicted octanol–water partition coefficient (Wildman–Crippen LogP) is 2.29. The number of alkyl halides is 3. The van der Waals surface area contributed by atoms with Gasteiger partial charge in [0.15, 0.2) is 0 Å². The number of guanidine groups is 1. The number of hydroxylamine groups is 1. The number of halogens is 4. The largest absolute Gasteiger partial charge is 0.416 e. The molecular weight excluding hydrogens is 378 g/mol. The average molecular weight is 387 g/mol. The van der Waals surface area contributed by atoms with Crippen LogP contribution < -0.4 is 10.8 Å². The number of nitrogens with one attached hydrogen (secondary N) is 2. The van der Waals surface area contributed by atoms with Crippen LogP contribution in [0.2, 0.25) is 0 Å². The van der Waals surface area contributed by atoms with E-state index in [1.54, 1.807) is 22.9 Å². The molecule has 0 atom stereocenters. The summed E-state index contributed by atoms with van der Waals surface area (Å²) < 4.78 is 41.1. The molecule has 19 heavy (non-hydrogen) atoms. The summed E-state index contributed by atoms with van der Waals surface area (Å²) in [5, 5.41) is 2.26. The first-order valence-electron chi connectivity index (χ1n) is 4.85. The van der Waals surface area contributed by atoms with Crippen molar-refractivity contribution in [3.63, 3.8) is 0 Å². The number of hydrogen-bond acceptors (Lipinski definition) is 3. The molecule has 104 valence electrons. The number of rotatable bonds is 2. The molecule has 0 spiro atoms. The number of hydrogen-bond donors (Lipinski definition) is 2. The van der Waals surface area contributed by atoms with Crippen LogP contribution >= 0.6 is 22.9 Å². The second-order valence-electron chi connectivity index (χ2n) is 3.27. The highest BCUT2D eigenvalue weighted by Crippen LogP contribution is 2.29. The summed E-state index contributed by atoms with van der Waals surface area (Å²) >= 11 is 1.60. The number of carbonyl (C=O) groups excluding carboxylic acids is 1. The number of carbonyl (C=O) groups is 1. The number of nitrogens with zero attached hydrogens (tertiary/aromatic N) is 1. The van der Waals surface area contributed by atoms with Gasteiger partial charge in [0.1, 0.15) is 0 Å². The maximum atomic E-state index is 12.5. The van der Waals surface area contributed by atoms with Crippen LogP contribution in [0.5, 0.6) is 0 Å². The van der Waals surface area contributed by atoms with Gasteiger partial charge in [-0.15, -0.1) is 0 Å². The van der Waals surface area contributed by atoms with E-state index in [4.69, 9.17) is 0 Å². The first kappa shape index (κ1) is 15.7. The van der Waals surface area contributed by atoms with Crippen molar-refractivity contribution < 1.29 is 22.8 Å². The van der Waals surface area contributed by atoms with E-state index >= 15 is 0 Å². The molecule has 1 rings (SSSR count). The third kappa shape index (κ3) is 4.67. The van der Waals surface area contributed by atoms with E-state index in [9.17, 15) is 18.0 Å². The minimum atomic E-state index is -4.50. The van der Waals surface area contributed by atoms with E-state index < -0.39 is 17.6 Å². The van der Waals surface area contributed by atoms with Crippen LogP contribution in [0.3, 0.4) is 0 Å². The molecule has 0 saturated carbocycles. The molecule has 0 radical (unpaired) electrons. The molecule has 9 heteroatoms. The van der Waals surface area contributed by atoms with Crippen molar-refractivity contribution in [1.82, 2.24) is 10.8 Å². The van der Waals surface area contributed by atoms with Crippen molar-refractivity contribution in [3.8, 4) is 0 Å². The van der Waals surface area contributed by atoms with Crippen LogP contribution in [-0.2, 0) is 11.0 Å². The summed E-state index contributed by atoms with van der Waals surface area (Å²) in [5.74, 6) is -0.753. The Morgan fingerprint density at radius 1 is 1.42 bits per heavy atom. The summed E-state index contributed by atoms with van der Waals surface area (Å²) in [4.78, 5) is 16.2. The lowest BCUT2D eigenvalue weighted by Crippen LogP contribution is -2.40. The molecule has 1 amide bonds. The Balaban J connectivity index is 2.89. The van der Waals surface area contributed by atoms with Gasteiger partial charge in [0, 0.05) is 5.56 Å². The lowest BCUT2D eigenvalue weighted by atomic mass is 10.1. The topological polar surface area (TPSA) is 62.7 Å². The van der Waals surface area contributed by atoms with Crippen LogP contribution in [0, 0.1) is 0 Å². The normalized spacial score (nSPS) is 12.2. The third-order valence-electron chi connectivity index (χ3n) is 1.97. The van der Waals surface area contributed by atoms with Crippen molar-refractivity contribution in [1.29, 1.82) is 0 Å². The SMILES string of the molecule is CONC(=NI)NC(=O)c1cccc(C(F)(F)F)c1. The maximum Gasteiger partial charge on any atom is 0.416 e. The molecule has 1 aromatic rings. The van der Waals surface area contributed by atoms with E-state index in [1.165, 1.54) is 13.2 Å². The fraction of sp³-hybridized carbons (Fsp3) is 0.200. The number of benzene rings is 1. The zero-order valence-electron chi connectivity index (χ0n) is 9.58. The Kier molecular flexibility index (Phi) is 5.54. The van der Waals surface area contributed by atoms with Gasteiger partial charge < -0.3 is 0 Å². The predicted molar refractivity (Wildman–Crippen MR) is 70.5 cm³/mol. The first-order chi connectivity index (χ1) is 8.88. The fourth-order valence-electron chi connectivity index (χ4n) is 1.18. The van der Waals surface area contributed by atoms with Gasteiger partial charge in [-0.25, -0.2) is 5.48 Å². The average Bonchev–Trinajstić information content (AvgIpc) is 2.37. The van der Waals surface area contributed by atoms with Crippen molar-refractivity contribution in [2.24, 2.45) is 3.21 Å². The molecule has 5 nitrogen and oxygen atoms in total. The Labute approximate surface area is 120 Å². The monoisotopic (exact) mass is 387 g/mol. The molecular formula is C10H9F3IN3O2. The molecule has 0 unspecified atom stereocenters. The standard InChI is InChI=1S/C10H9F3IN3O2/c1-19-17-9(16-14)15-8(18)6-3-2-4-7(5-6)10(11,12)13/h2-5H,1H3,(H2,15,16,17,18). The van der Waals surface area contributed by atoms with Crippen LogP contribution in [0.4, 0.5) is 13.2 Å². The van der Waals surface area contributed by atoms with Crippen LogP contribution in [0.25, 0.3) is 0 Å². The zero-order chi connectivity index (χ0) is 14.5. The van der Waals surface area contributed by atoms with Crippen molar-refractivity contribution in [3.05, 3.63) is 35.4 Å². The molecule has 0 aliphatic carbocycles. The minimum absolute atomic E-state index is 0.0227. The van der Waals surface area contributed by atoms with Crippen molar-refractivity contribution in [2.45, 2.75) is 6.18 Å². The molecule has 0 aromatic heterocycles. The van der Waals surface area contributed by atoms with E-state index in [0.29, 0.717) is 0 Å². The van der Waals surface area contributed by atoms with Gasteiger partial charge in [-0.2, -0.15) is 16.4 Å². The summed E-state index contributed by atoms with van der Waals surface area (Å²) in [6.45, 7) is 0. The smallest absolute Gasteiger partial charge is 0.290 e. The first-order valence-corrected chi connectivity index (χ1v) is 5.81. The number of amides is 1. The molecule has 0 aliphatic rings. The second-order valence-corrected chi connectivity index (χ2v) is 3.75. The third-order valence-corrected chi connectivity index (χ3v) is 2.45. The van der Waals surface area contributed by atoms with E-state index in [-0.39, 0.29) is 11.5 Å². The zero-order valence-corrected chi connectivity index (χ0v) is 11.7. The molecule has 2 N–H and O–H groups in total. The molecule has 0 saturated heterocycles. The molecule has 1 aromatic carbocycles. The van der Waals surface area contributed by atoms with Gasteiger partial charge in [-0.3, -0.25) is 14.9 Å². The Hall–Kier alpha value is -1.36. The highest BCUT2D eigenvalue weighted by atomic mass is 127. The van der Waals surface area contributed by atoms with Crippen LogP contribution in [0.1, 0.15) is 15.9 Å². The van der Waals surface area contributed by atoms with Gasteiger partial charge >= 0.3 is 6.18 Å². The molecule has 0 bridgehead atoms. The second kappa shape index (κ2) is 6.70. The van der Waals surface area contributed by atoms with Crippen molar-refractivity contribution >= 4 is 34.7 Å². The molecule has 0 aliphatic heterocycles. The fourth-order valence-corrected chi connectivity index (χ4v) is 1.40. The Morgan fingerprint density at radius 3 is 2.63 bits per heavy atom. The highest BCUT2D eigenvalue weighted by molar-refractivity contribution is 14.1. The summed E-state index contributed by atoms with van der Waals surface area (Å²) in [5.41, 5.74) is 1.24. The van der Waals surface area contributed by atoms with Gasteiger partial charge in [0.25, 0.3) is 5.91 Å².